The summed E-state index contributed by atoms with van der Waals surface area (Å²) in [7, 11) is 0. The molecule has 2 aromatic carbocycles. The van der Waals surface area contributed by atoms with Gasteiger partial charge in [-0.05, 0) is 42.5 Å². The van der Waals surface area contributed by atoms with Gasteiger partial charge >= 0.3 is 6.18 Å². The molecule has 138 valence electrons. The lowest BCUT2D eigenvalue weighted by Crippen LogP contribution is -2.37. The van der Waals surface area contributed by atoms with E-state index in [9.17, 15) is 22.8 Å². The lowest BCUT2D eigenvalue weighted by atomic mass is 10.1. The maximum absolute atomic E-state index is 12.5. The molecule has 2 rings (SSSR count). The number of nitrogens with one attached hydrogen (secondary N) is 1. The van der Waals surface area contributed by atoms with Crippen LogP contribution in [0.2, 0.25) is 5.02 Å². The number of nitrogens with zero attached hydrogens (tertiary/aromatic N) is 1. The van der Waals surface area contributed by atoms with Gasteiger partial charge in [0.1, 0.15) is 0 Å². The summed E-state index contributed by atoms with van der Waals surface area (Å²) in [6.07, 6.45) is -4.45. The van der Waals surface area contributed by atoms with Crippen molar-refractivity contribution < 1.29 is 22.8 Å². The molecule has 0 spiro atoms. The fourth-order valence-corrected chi connectivity index (χ4v) is 2.49. The summed E-state index contributed by atoms with van der Waals surface area (Å²) >= 11 is 5.92. The third-order valence-corrected chi connectivity index (χ3v) is 3.83. The van der Waals surface area contributed by atoms with Crippen molar-refractivity contribution in [2.75, 3.05) is 18.0 Å². The molecule has 0 unspecified atom stereocenters. The van der Waals surface area contributed by atoms with Crippen LogP contribution < -0.4 is 10.2 Å². The fraction of sp³-hybridized carbons (Fsp3) is 0.222. The minimum atomic E-state index is -4.45. The Hall–Kier alpha value is -2.54. The SMILES string of the molecule is CC(=O)N(CCNC(=O)c1ccc(C(F)(F)F)cc1)c1cccc(Cl)c1. The zero-order chi connectivity index (χ0) is 19.3. The molecule has 0 radical (unpaired) electrons. The van der Waals surface area contributed by atoms with Crippen molar-refractivity contribution in [3.05, 3.63) is 64.7 Å². The molecule has 0 aliphatic rings. The van der Waals surface area contributed by atoms with Crippen LogP contribution >= 0.6 is 11.6 Å². The Balaban J connectivity index is 1.97. The summed E-state index contributed by atoms with van der Waals surface area (Å²) in [4.78, 5) is 25.3. The highest BCUT2D eigenvalue weighted by atomic mass is 35.5. The number of anilines is 1. The molecular weight excluding hydrogens is 369 g/mol. The number of carbonyl (C=O) groups is 2. The Labute approximate surface area is 153 Å². The van der Waals surface area contributed by atoms with Crippen LogP contribution in [0.5, 0.6) is 0 Å². The van der Waals surface area contributed by atoms with Gasteiger partial charge in [-0.3, -0.25) is 9.59 Å². The minimum Gasteiger partial charge on any atom is -0.350 e. The monoisotopic (exact) mass is 384 g/mol. The van der Waals surface area contributed by atoms with Gasteiger partial charge in [0.25, 0.3) is 5.91 Å². The maximum atomic E-state index is 12.5. The van der Waals surface area contributed by atoms with Crippen LogP contribution in [0.15, 0.2) is 48.5 Å². The fourth-order valence-electron chi connectivity index (χ4n) is 2.31. The first-order chi connectivity index (χ1) is 12.2. The van der Waals surface area contributed by atoms with Gasteiger partial charge in [0, 0.05) is 36.3 Å². The lowest BCUT2D eigenvalue weighted by Gasteiger charge is -2.21. The van der Waals surface area contributed by atoms with Crippen molar-refractivity contribution in [1.82, 2.24) is 5.32 Å². The van der Waals surface area contributed by atoms with Crippen LogP contribution in [0.4, 0.5) is 18.9 Å². The number of rotatable bonds is 5. The molecule has 0 fully saturated rings. The van der Waals surface area contributed by atoms with Crippen LogP contribution in [0.25, 0.3) is 0 Å². The summed E-state index contributed by atoms with van der Waals surface area (Å²) in [6, 6.07) is 10.6. The maximum Gasteiger partial charge on any atom is 0.416 e. The highest BCUT2D eigenvalue weighted by Gasteiger charge is 2.30. The first-order valence-electron chi connectivity index (χ1n) is 7.67. The molecule has 26 heavy (non-hydrogen) atoms. The zero-order valence-electron chi connectivity index (χ0n) is 13.8. The van der Waals surface area contributed by atoms with Crippen molar-refractivity contribution in [3.63, 3.8) is 0 Å². The van der Waals surface area contributed by atoms with Gasteiger partial charge < -0.3 is 10.2 Å². The molecule has 1 N–H and O–H groups in total. The highest BCUT2D eigenvalue weighted by molar-refractivity contribution is 6.30. The van der Waals surface area contributed by atoms with E-state index in [4.69, 9.17) is 11.6 Å². The Bertz CT molecular complexity index is 792. The Morgan fingerprint density at radius 2 is 1.77 bits per heavy atom. The van der Waals surface area contributed by atoms with E-state index in [0.29, 0.717) is 10.7 Å². The van der Waals surface area contributed by atoms with Crippen LogP contribution in [0, 0.1) is 0 Å². The number of benzene rings is 2. The van der Waals surface area contributed by atoms with E-state index in [1.807, 2.05) is 0 Å². The number of amides is 2. The predicted molar refractivity (Wildman–Crippen MR) is 93.3 cm³/mol. The zero-order valence-corrected chi connectivity index (χ0v) is 14.6. The number of hydrogen-bond acceptors (Lipinski definition) is 2. The van der Waals surface area contributed by atoms with Crippen molar-refractivity contribution >= 4 is 29.1 Å². The predicted octanol–water partition coefficient (Wildman–Crippen LogP) is 4.14. The van der Waals surface area contributed by atoms with Gasteiger partial charge in [-0.1, -0.05) is 17.7 Å². The molecule has 0 aliphatic carbocycles. The molecule has 0 saturated heterocycles. The molecule has 0 heterocycles. The largest absolute Gasteiger partial charge is 0.416 e. The van der Waals surface area contributed by atoms with Crippen LogP contribution in [-0.4, -0.2) is 24.9 Å². The molecule has 0 aliphatic heterocycles. The van der Waals surface area contributed by atoms with Crippen molar-refractivity contribution in [2.24, 2.45) is 0 Å². The van der Waals surface area contributed by atoms with E-state index in [1.54, 1.807) is 24.3 Å². The van der Waals surface area contributed by atoms with Gasteiger partial charge in [-0.15, -0.1) is 0 Å². The van der Waals surface area contributed by atoms with E-state index in [-0.39, 0.29) is 24.6 Å². The Morgan fingerprint density at radius 1 is 1.12 bits per heavy atom. The average molecular weight is 385 g/mol. The van der Waals surface area contributed by atoms with Crippen LogP contribution in [0.3, 0.4) is 0 Å². The summed E-state index contributed by atoms with van der Waals surface area (Å²) < 4.78 is 37.6. The van der Waals surface area contributed by atoms with Crippen molar-refractivity contribution in [1.29, 1.82) is 0 Å². The van der Waals surface area contributed by atoms with E-state index in [2.05, 4.69) is 5.32 Å². The van der Waals surface area contributed by atoms with E-state index >= 15 is 0 Å². The molecule has 2 aromatic rings. The number of hydrogen-bond donors (Lipinski definition) is 1. The number of halogens is 4. The second kappa shape index (κ2) is 8.23. The number of carbonyl (C=O) groups excluding carboxylic acids is 2. The molecule has 4 nitrogen and oxygen atoms in total. The highest BCUT2D eigenvalue weighted by Crippen LogP contribution is 2.29. The molecule has 0 saturated carbocycles. The summed E-state index contributed by atoms with van der Waals surface area (Å²) in [5, 5.41) is 3.05. The van der Waals surface area contributed by atoms with Crippen molar-refractivity contribution in [2.45, 2.75) is 13.1 Å². The second-order valence-electron chi connectivity index (χ2n) is 5.48. The molecule has 0 bridgehead atoms. The van der Waals surface area contributed by atoms with Gasteiger partial charge in [-0.25, -0.2) is 0 Å². The van der Waals surface area contributed by atoms with E-state index in [1.165, 1.54) is 11.8 Å². The quantitative estimate of drug-likeness (QED) is 0.842. The lowest BCUT2D eigenvalue weighted by molar-refractivity contribution is -0.137. The van der Waals surface area contributed by atoms with Crippen molar-refractivity contribution in [3.8, 4) is 0 Å². The normalized spacial score (nSPS) is 11.1. The van der Waals surface area contributed by atoms with E-state index < -0.39 is 17.6 Å². The van der Waals surface area contributed by atoms with Crippen LogP contribution in [0.1, 0.15) is 22.8 Å². The molecule has 0 atom stereocenters. The summed E-state index contributed by atoms with van der Waals surface area (Å²) in [5.74, 6) is -0.746. The van der Waals surface area contributed by atoms with Gasteiger partial charge in [-0.2, -0.15) is 13.2 Å². The molecular formula is C18H16ClF3N2O2. The van der Waals surface area contributed by atoms with Gasteiger partial charge in [0.15, 0.2) is 0 Å². The first-order valence-corrected chi connectivity index (χ1v) is 8.05. The molecule has 0 aromatic heterocycles. The Kier molecular flexibility index (Phi) is 6.26. The molecule has 2 amide bonds. The van der Waals surface area contributed by atoms with E-state index in [0.717, 1.165) is 24.3 Å². The third-order valence-electron chi connectivity index (χ3n) is 3.60. The minimum absolute atomic E-state index is 0.107. The first kappa shape index (κ1) is 19.8. The smallest absolute Gasteiger partial charge is 0.350 e. The third kappa shape index (κ3) is 5.23. The summed E-state index contributed by atoms with van der Waals surface area (Å²) in [5.41, 5.74) is -0.123. The standard InChI is InChI=1S/C18H16ClF3N2O2/c1-12(25)24(16-4-2-3-15(19)11-16)10-9-23-17(26)13-5-7-14(8-6-13)18(20,21)22/h2-8,11H,9-10H2,1H3,(H,23,26). The second-order valence-corrected chi connectivity index (χ2v) is 5.92. The number of alkyl halides is 3. The Morgan fingerprint density at radius 3 is 2.31 bits per heavy atom. The average Bonchev–Trinajstić information content (AvgIpc) is 2.57. The van der Waals surface area contributed by atoms with Crippen LogP contribution in [-0.2, 0) is 11.0 Å². The summed E-state index contributed by atoms with van der Waals surface area (Å²) in [6.45, 7) is 1.71. The van der Waals surface area contributed by atoms with Gasteiger partial charge in [0.2, 0.25) is 5.91 Å². The molecule has 8 heteroatoms. The topological polar surface area (TPSA) is 49.4 Å². The van der Waals surface area contributed by atoms with Gasteiger partial charge in [0.05, 0.1) is 5.56 Å².